The fourth-order valence-electron chi connectivity index (χ4n) is 3.21. The molecule has 0 aromatic heterocycles. The maximum atomic E-state index is 11.5. The molecule has 1 aliphatic heterocycles. The molecule has 2 fully saturated rings. The van der Waals surface area contributed by atoms with Gasteiger partial charge in [0.05, 0.1) is 22.1 Å². The second-order valence-electron chi connectivity index (χ2n) is 6.16. The highest BCUT2D eigenvalue weighted by atomic mass is 35.5. The zero-order chi connectivity index (χ0) is 14.9. The van der Waals surface area contributed by atoms with Crippen molar-refractivity contribution in [1.29, 1.82) is 0 Å². The highest BCUT2D eigenvalue weighted by Crippen LogP contribution is 2.33. The predicted molar refractivity (Wildman–Crippen MR) is 82.3 cm³/mol. The van der Waals surface area contributed by atoms with Crippen molar-refractivity contribution < 1.29 is 13.5 Å². The van der Waals surface area contributed by atoms with Crippen molar-refractivity contribution in [3.8, 4) is 0 Å². The molecule has 1 heterocycles. The van der Waals surface area contributed by atoms with Crippen LogP contribution in [0, 0.1) is 5.92 Å². The van der Waals surface area contributed by atoms with Crippen LogP contribution < -0.4 is 0 Å². The van der Waals surface area contributed by atoms with Crippen molar-refractivity contribution in [3.63, 3.8) is 0 Å². The average molecular weight is 344 g/mol. The van der Waals surface area contributed by atoms with Crippen LogP contribution in [0.1, 0.15) is 25.7 Å². The largest absolute Gasteiger partial charge is 0.393 e. The lowest BCUT2D eigenvalue weighted by molar-refractivity contribution is 0.0453. The molecule has 4 atom stereocenters. The fourth-order valence-corrected chi connectivity index (χ4v) is 4.90. The van der Waals surface area contributed by atoms with E-state index >= 15 is 0 Å². The molecule has 0 radical (unpaired) electrons. The standard InChI is InChI=1S/C13H23Cl2NO3S/c1-20(18,19)10-2-4-16(5-3-10)8-9-6-11(14)12(15)7-13(9)17/h9-13,17H,2-8H2,1H3. The maximum Gasteiger partial charge on any atom is 0.150 e. The molecule has 1 aliphatic carbocycles. The van der Waals surface area contributed by atoms with Gasteiger partial charge in [-0.25, -0.2) is 8.42 Å². The minimum atomic E-state index is -2.92. The lowest BCUT2D eigenvalue weighted by Gasteiger charge is -2.39. The third-order valence-electron chi connectivity index (χ3n) is 4.56. The van der Waals surface area contributed by atoms with Crippen LogP contribution in [0.3, 0.4) is 0 Å². The van der Waals surface area contributed by atoms with Gasteiger partial charge in [0.2, 0.25) is 0 Å². The molecular formula is C13H23Cl2NO3S. The highest BCUT2D eigenvalue weighted by molar-refractivity contribution is 7.91. The van der Waals surface area contributed by atoms with Crippen LogP contribution in [0.5, 0.6) is 0 Å². The van der Waals surface area contributed by atoms with Crippen molar-refractivity contribution in [2.45, 2.75) is 47.8 Å². The third kappa shape index (κ3) is 4.23. The van der Waals surface area contributed by atoms with Gasteiger partial charge in [-0.05, 0) is 44.7 Å². The van der Waals surface area contributed by atoms with Crippen molar-refractivity contribution in [3.05, 3.63) is 0 Å². The number of aliphatic hydroxyl groups is 1. The normalized spacial score (nSPS) is 38.0. The number of aliphatic hydroxyl groups excluding tert-OH is 1. The fraction of sp³-hybridized carbons (Fsp3) is 1.00. The molecule has 0 amide bonds. The van der Waals surface area contributed by atoms with Crippen LogP contribution in [-0.4, -0.2) is 66.4 Å². The summed E-state index contributed by atoms with van der Waals surface area (Å²) in [6.07, 6.45) is 3.55. The first-order chi connectivity index (χ1) is 9.27. The van der Waals surface area contributed by atoms with Crippen molar-refractivity contribution >= 4 is 33.0 Å². The second kappa shape index (κ2) is 6.69. The number of alkyl halides is 2. The van der Waals surface area contributed by atoms with E-state index in [0.29, 0.717) is 19.3 Å². The summed E-state index contributed by atoms with van der Waals surface area (Å²) >= 11 is 12.3. The van der Waals surface area contributed by atoms with Gasteiger partial charge >= 0.3 is 0 Å². The summed E-state index contributed by atoms with van der Waals surface area (Å²) in [5.74, 6) is 0.141. The molecule has 0 aromatic carbocycles. The third-order valence-corrected chi connectivity index (χ3v) is 7.34. The molecule has 0 aromatic rings. The van der Waals surface area contributed by atoms with E-state index in [2.05, 4.69) is 4.90 Å². The van der Waals surface area contributed by atoms with Gasteiger partial charge in [0.25, 0.3) is 0 Å². The number of hydrogen-bond donors (Lipinski definition) is 1. The van der Waals surface area contributed by atoms with E-state index in [1.807, 2.05) is 0 Å². The number of piperidine rings is 1. The van der Waals surface area contributed by atoms with E-state index in [1.165, 1.54) is 6.26 Å². The maximum absolute atomic E-state index is 11.5. The predicted octanol–water partition coefficient (Wildman–Crippen LogP) is 1.48. The van der Waals surface area contributed by atoms with Gasteiger partial charge in [0.1, 0.15) is 9.84 Å². The Morgan fingerprint density at radius 1 is 1.15 bits per heavy atom. The summed E-state index contributed by atoms with van der Waals surface area (Å²) in [6, 6.07) is 0. The first kappa shape index (κ1) is 16.8. The molecule has 4 unspecified atom stereocenters. The Balaban J connectivity index is 1.83. The molecule has 1 N–H and O–H groups in total. The molecular weight excluding hydrogens is 321 g/mol. The summed E-state index contributed by atoms with van der Waals surface area (Å²) in [6.45, 7) is 2.33. The Hall–Kier alpha value is 0.450. The molecule has 0 spiro atoms. The first-order valence-corrected chi connectivity index (χ1v) is 9.97. The Labute approximate surface area is 131 Å². The van der Waals surface area contributed by atoms with Crippen LogP contribution in [0.15, 0.2) is 0 Å². The Morgan fingerprint density at radius 3 is 2.25 bits per heavy atom. The molecule has 0 bridgehead atoms. The SMILES string of the molecule is CS(=O)(=O)C1CCN(CC2CC(Cl)C(Cl)CC2O)CC1. The first-order valence-electron chi connectivity index (χ1n) is 7.15. The van der Waals surface area contributed by atoms with Gasteiger partial charge in [-0.15, -0.1) is 23.2 Å². The van der Waals surface area contributed by atoms with E-state index in [1.54, 1.807) is 0 Å². The van der Waals surface area contributed by atoms with E-state index in [-0.39, 0.29) is 21.9 Å². The topological polar surface area (TPSA) is 57.6 Å². The molecule has 1 saturated heterocycles. The molecule has 7 heteroatoms. The lowest BCUT2D eigenvalue weighted by Crippen LogP contribution is -2.46. The summed E-state index contributed by atoms with van der Waals surface area (Å²) in [5, 5.41) is 9.66. The quantitative estimate of drug-likeness (QED) is 0.788. The molecule has 118 valence electrons. The van der Waals surface area contributed by atoms with E-state index in [4.69, 9.17) is 23.2 Å². The van der Waals surface area contributed by atoms with Crippen LogP contribution in [0.25, 0.3) is 0 Å². The summed E-state index contributed by atoms with van der Waals surface area (Å²) in [4.78, 5) is 2.24. The van der Waals surface area contributed by atoms with Crippen LogP contribution in [-0.2, 0) is 9.84 Å². The Morgan fingerprint density at radius 2 is 1.70 bits per heavy atom. The van der Waals surface area contributed by atoms with Crippen LogP contribution >= 0.6 is 23.2 Å². The van der Waals surface area contributed by atoms with Gasteiger partial charge in [-0.3, -0.25) is 0 Å². The summed E-state index contributed by atoms with van der Waals surface area (Å²) < 4.78 is 23.0. The Bertz CT molecular complexity index is 423. The summed E-state index contributed by atoms with van der Waals surface area (Å²) in [7, 11) is -2.92. The van der Waals surface area contributed by atoms with Gasteiger partial charge < -0.3 is 10.0 Å². The van der Waals surface area contributed by atoms with Gasteiger partial charge in [0, 0.05) is 12.8 Å². The molecule has 2 rings (SSSR count). The van der Waals surface area contributed by atoms with Crippen molar-refractivity contribution in [2.24, 2.45) is 5.92 Å². The van der Waals surface area contributed by atoms with E-state index < -0.39 is 15.9 Å². The number of likely N-dealkylation sites (tertiary alicyclic amines) is 1. The number of hydrogen-bond acceptors (Lipinski definition) is 4. The van der Waals surface area contributed by atoms with Gasteiger partial charge in [-0.2, -0.15) is 0 Å². The highest BCUT2D eigenvalue weighted by Gasteiger charge is 2.36. The average Bonchev–Trinajstić information content (AvgIpc) is 2.35. The molecule has 20 heavy (non-hydrogen) atoms. The molecule has 4 nitrogen and oxygen atoms in total. The minimum Gasteiger partial charge on any atom is -0.393 e. The summed E-state index contributed by atoms with van der Waals surface area (Å²) in [5.41, 5.74) is 0. The lowest BCUT2D eigenvalue weighted by atomic mass is 9.85. The van der Waals surface area contributed by atoms with Gasteiger partial charge in [-0.1, -0.05) is 0 Å². The number of halogens is 2. The van der Waals surface area contributed by atoms with E-state index in [9.17, 15) is 13.5 Å². The molecule has 2 aliphatic rings. The van der Waals surface area contributed by atoms with Crippen molar-refractivity contribution in [1.82, 2.24) is 4.90 Å². The smallest absolute Gasteiger partial charge is 0.150 e. The number of nitrogens with zero attached hydrogens (tertiary/aromatic N) is 1. The van der Waals surface area contributed by atoms with Crippen molar-refractivity contribution in [2.75, 3.05) is 25.9 Å². The minimum absolute atomic E-state index is 0.0846. The van der Waals surface area contributed by atoms with Crippen LogP contribution in [0.2, 0.25) is 0 Å². The van der Waals surface area contributed by atoms with E-state index in [0.717, 1.165) is 26.1 Å². The van der Waals surface area contributed by atoms with Gasteiger partial charge in [0.15, 0.2) is 0 Å². The monoisotopic (exact) mass is 343 g/mol. The number of sulfone groups is 1. The zero-order valence-electron chi connectivity index (χ0n) is 11.7. The zero-order valence-corrected chi connectivity index (χ0v) is 14.0. The number of rotatable bonds is 3. The van der Waals surface area contributed by atoms with Crippen LogP contribution in [0.4, 0.5) is 0 Å². The Kier molecular flexibility index (Phi) is 5.63. The molecule has 1 saturated carbocycles. The second-order valence-corrected chi connectivity index (χ2v) is 9.61.